The van der Waals surface area contributed by atoms with Crippen LogP contribution >= 0.6 is 11.8 Å². The molecule has 19 heavy (non-hydrogen) atoms. The number of aromatic nitrogens is 2. The lowest BCUT2D eigenvalue weighted by molar-refractivity contribution is -0.113. The summed E-state index contributed by atoms with van der Waals surface area (Å²) in [5, 5.41) is 7.30. The van der Waals surface area contributed by atoms with Crippen LogP contribution in [0.3, 0.4) is 0 Å². The molecule has 0 radical (unpaired) electrons. The van der Waals surface area contributed by atoms with Gasteiger partial charge in [-0.15, -0.1) is 11.8 Å². The van der Waals surface area contributed by atoms with Crippen LogP contribution in [0.4, 0.5) is 5.82 Å². The smallest absolute Gasteiger partial charge is 0.235 e. The lowest BCUT2D eigenvalue weighted by Crippen LogP contribution is -2.22. The van der Waals surface area contributed by atoms with Gasteiger partial charge in [0, 0.05) is 10.8 Å². The predicted octanol–water partition coefficient (Wildman–Crippen LogP) is 3.32. The van der Waals surface area contributed by atoms with Crippen molar-refractivity contribution in [2.75, 3.05) is 11.1 Å². The van der Waals surface area contributed by atoms with E-state index < -0.39 is 0 Å². The molecule has 2 rings (SSSR count). The van der Waals surface area contributed by atoms with Crippen LogP contribution in [0.15, 0.2) is 12.3 Å². The van der Waals surface area contributed by atoms with Gasteiger partial charge in [0.15, 0.2) is 0 Å². The summed E-state index contributed by atoms with van der Waals surface area (Å²) in [5.74, 6) is 2.06. The van der Waals surface area contributed by atoms with Crippen molar-refractivity contribution in [2.24, 2.45) is 5.92 Å². The largest absolute Gasteiger partial charge is 0.310 e. The van der Waals surface area contributed by atoms with Crippen LogP contribution in [0.25, 0.3) is 0 Å². The van der Waals surface area contributed by atoms with Gasteiger partial charge in [-0.25, -0.2) is 4.68 Å². The van der Waals surface area contributed by atoms with Gasteiger partial charge in [0.25, 0.3) is 0 Å². The Balaban J connectivity index is 1.92. The third-order valence-corrected chi connectivity index (χ3v) is 4.54. The van der Waals surface area contributed by atoms with Gasteiger partial charge in [0.2, 0.25) is 5.91 Å². The molecule has 1 unspecified atom stereocenters. The highest BCUT2D eigenvalue weighted by atomic mass is 32.2. The van der Waals surface area contributed by atoms with Crippen molar-refractivity contribution in [1.29, 1.82) is 0 Å². The minimum absolute atomic E-state index is 0.0460. The number of carbonyl (C=O) groups is 1. The van der Waals surface area contributed by atoms with Crippen molar-refractivity contribution in [3.8, 4) is 0 Å². The minimum Gasteiger partial charge on any atom is -0.310 e. The number of carbonyl (C=O) groups excluding carboxylic acids is 1. The van der Waals surface area contributed by atoms with Crippen LogP contribution in [-0.4, -0.2) is 26.2 Å². The van der Waals surface area contributed by atoms with Gasteiger partial charge >= 0.3 is 0 Å². The second-order valence-electron chi connectivity index (χ2n) is 6.19. The maximum Gasteiger partial charge on any atom is 0.235 e. The molecule has 4 nitrogen and oxygen atoms in total. The molecule has 1 heterocycles. The molecule has 1 amide bonds. The molecule has 106 valence electrons. The summed E-state index contributed by atoms with van der Waals surface area (Å²) in [6.45, 7) is 8.52. The van der Waals surface area contributed by atoms with E-state index in [2.05, 4.69) is 38.1 Å². The number of nitrogens with one attached hydrogen (secondary N) is 1. The van der Waals surface area contributed by atoms with Crippen molar-refractivity contribution in [3.63, 3.8) is 0 Å². The number of amides is 1. The summed E-state index contributed by atoms with van der Waals surface area (Å²) in [6.07, 6.45) is 4.30. The van der Waals surface area contributed by atoms with Crippen molar-refractivity contribution in [1.82, 2.24) is 9.78 Å². The minimum atomic E-state index is 0.0460. The second-order valence-corrected chi connectivity index (χ2v) is 7.99. The van der Waals surface area contributed by atoms with E-state index in [4.69, 9.17) is 0 Å². The molecule has 1 aliphatic rings. The normalized spacial score (nSPS) is 17.3. The van der Waals surface area contributed by atoms with E-state index in [1.54, 1.807) is 18.0 Å². The number of hydrogen-bond acceptors (Lipinski definition) is 3. The van der Waals surface area contributed by atoms with Gasteiger partial charge in [-0.1, -0.05) is 20.8 Å². The van der Waals surface area contributed by atoms with Gasteiger partial charge in [-0.3, -0.25) is 4.79 Å². The fourth-order valence-electron chi connectivity index (χ4n) is 1.98. The summed E-state index contributed by atoms with van der Waals surface area (Å²) < 4.78 is 2.05. The number of nitrogens with zero attached hydrogens (tertiary/aromatic N) is 2. The Morgan fingerprint density at radius 2 is 2.26 bits per heavy atom. The molecule has 1 aliphatic carbocycles. The number of thioether (sulfide) groups is 1. The highest BCUT2D eigenvalue weighted by Gasteiger charge is 2.30. The molecule has 1 fully saturated rings. The van der Waals surface area contributed by atoms with E-state index in [-0.39, 0.29) is 10.7 Å². The van der Waals surface area contributed by atoms with E-state index in [1.807, 2.05) is 10.7 Å². The Morgan fingerprint density at radius 3 is 2.84 bits per heavy atom. The maximum atomic E-state index is 11.9. The Morgan fingerprint density at radius 1 is 1.58 bits per heavy atom. The Labute approximate surface area is 119 Å². The molecule has 0 saturated heterocycles. The molecule has 1 aromatic rings. The summed E-state index contributed by atoms with van der Waals surface area (Å²) in [6, 6.07) is 2.25. The Bertz CT molecular complexity index is 446. The van der Waals surface area contributed by atoms with Gasteiger partial charge in [0.1, 0.15) is 5.82 Å². The van der Waals surface area contributed by atoms with E-state index in [0.717, 1.165) is 11.7 Å². The molecule has 0 aliphatic heterocycles. The first-order valence-electron chi connectivity index (χ1n) is 6.84. The first-order valence-corrected chi connectivity index (χ1v) is 7.83. The number of hydrogen-bond donors (Lipinski definition) is 1. The average molecular weight is 281 g/mol. The van der Waals surface area contributed by atoms with Gasteiger partial charge in [0.05, 0.1) is 18.0 Å². The fourth-order valence-corrected chi connectivity index (χ4v) is 2.61. The van der Waals surface area contributed by atoms with E-state index >= 15 is 0 Å². The zero-order valence-corrected chi connectivity index (χ0v) is 13.0. The number of rotatable bonds is 5. The van der Waals surface area contributed by atoms with Crippen molar-refractivity contribution in [3.05, 3.63) is 12.3 Å². The van der Waals surface area contributed by atoms with E-state index in [9.17, 15) is 4.79 Å². The number of anilines is 1. The van der Waals surface area contributed by atoms with Crippen LogP contribution in [-0.2, 0) is 4.79 Å². The average Bonchev–Trinajstić information content (AvgIpc) is 3.06. The molecule has 1 aromatic heterocycles. The molecule has 0 bridgehead atoms. The van der Waals surface area contributed by atoms with Gasteiger partial charge < -0.3 is 5.32 Å². The SMILES string of the molecule is CC(C1CC1)n1nccc1NC(=O)CSC(C)(C)C. The highest BCUT2D eigenvalue weighted by molar-refractivity contribution is 8.01. The van der Waals surface area contributed by atoms with Crippen molar-refractivity contribution in [2.45, 2.75) is 51.3 Å². The molecule has 1 atom stereocenters. The van der Waals surface area contributed by atoms with Crippen LogP contribution in [0.2, 0.25) is 0 Å². The molecule has 0 aromatic carbocycles. The van der Waals surface area contributed by atoms with Crippen LogP contribution < -0.4 is 5.32 Å². The van der Waals surface area contributed by atoms with Crippen LogP contribution in [0.5, 0.6) is 0 Å². The second kappa shape index (κ2) is 5.57. The summed E-state index contributed by atoms with van der Waals surface area (Å²) in [7, 11) is 0. The first-order chi connectivity index (χ1) is 8.87. The van der Waals surface area contributed by atoms with Crippen molar-refractivity contribution < 1.29 is 4.79 Å². The van der Waals surface area contributed by atoms with Crippen LogP contribution in [0.1, 0.15) is 46.6 Å². The zero-order chi connectivity index (χ0) is 14.0. The highest BCUT2D eigenvalue weighted by Crippen LogP contribution is 2.40. The molecule has 1 saturated carbocycles. The third kappa shape index (κ3) is 4.27. The third-order valence-electron chi connectivity index (χ3n) is 3.26. The summed E-state index contributed by atoms with van der Waals surface area (Å²) in [4.78, 5) is 11.9. The first kappa shape index (κ1) is 14.4. The maximum absolute atomic E-state index is 11.9. The summed E-state index contributed by atoms with van der Waals surface area (Å²) >= 11 is 1.65. The summed E-state index contributed by atoms with van der Waals surface area (Å²) in [5.41, 5.74) is 0. The standard InChI is InChI=1S/C14H23N3OS/c1-10(11-5-6-11)17-12(7-8-15-17)16-13(18)9-19-14(2,3)4/h7-8,10-11H,5-6,9H2,1-4H3,(H,16,18). The molecule has 0 spiro atoms. The zero-order valence-electron chi connectivity index (χ0n) is 12.1. The molecular weight excluding hydrogens is 258 g/mol. The molecule has 5 heteroatoms. The van der Waals surface area contributed by atoms with Gasteiger partial charge in [-0.2, -0.15) is 5.10 Å². The lowest BCUT2D eigenvalue weighted by atomic mass is 10.2. The Kier molecular flexibility index (Phi) is 4.23. The van der Waals surface area contributed by atoms with Crippen molar-refractivity contribution >= 4 is 23.5 Å². The Hall–Kier alpha value is -0.970. The predicted molar refractivity (Wildman–Crippen MR) is 80.5 cm³/mol. The van der Waals surface area contributed by atoms with Crippen LogP contribution in [0, 0.1) is 5.92 Å². The fraction of sp³-hybridized carbons (Fsp3) is 0.714. The van der Waals surface area contributed by atoms with Gasteiger partial charge in [-0.05, 0) is 25.7 Å². The monoisotopic (exact) mass is 281 g/mol. The topological polar surface area (TPSA) is 46.9 Å². The molecule has 1 N–H and O–H groups in total. The van der Waals surface area contributed by atoms with E-state index in [1.165, 1.54) is 12.8 Å². The lowest BCUT2D eigenvalue weighted by Gasteiger charge is -2.18. The quantitative estimate of drug-likeness (QED) is 0.900. The van der Waals surface area contributed by atoms with E-state index in [0.29, 0.717) is 11.8 Å². The molecular formula is C14H23N3OS.